The van der Waals surface area contributed by atoms with Crippen LogP contribution in [0.3, 0.4) is 0 Å². The average Bonchev–Trinajstić information content (AvgIpc) is 3.18. The Kier molecular flexibility index (Phi) is 9.63. The normalized spacial score (nSPS) is 12.1. The van der Waals surface area contributed by atoms with Gasteiger partial charge in [0.05, 0.1) is 13.1 Å². The van der Waals surface area contributed by atoms with Crippen molar-refractivity contribution < 1.29 is 9.59 Å². The van der Waals surface area contributed by atoms with Crippen LogP contribution in [0.4, 0.5) is 0 Å². The molecule has 0 aliphatic heterocycles. The van der Waals surface area contributed by atoms with E-state index in [1.165, 1.54) is 0 Å². The Bertz CT molecular complexity index is 862. The van der Waals surface area contributed by atoms with Crippen LogP contribution >= 0.6 is 11.6 Å². The first-order chi connectivity index (χ1) is 14.8. The molecule has 0 aliphatic rings. The number of benzene rings is 1. The van der Waals surface area contributed by atoms with Crippen molar-refractivity contribution in [3.8, 4) is 0 Å². The molecular formula is C25H36ClN3O2. The second-order valence-corrected chi connectivity index (χ2v) is 8.93. The summed E-state index contributed by atoms with van der Waals surface area (Å²) in [7, 11) is 0. The van der Waals surface area contributed by atoms with Gasteiger partial charge in [-0.25, -0.2) is 0 Å². The highest BCUT2D eigenvalue weighted by Crippen LogP contribution is 2.19. The molecule has 0 fully saturated rings. The molecule has 2 aromatic rings. The van der Waals surface area contributed by atoms with E-state index in [1.54, 1.807) is 4.90 Å². The molecule has 0 saturated heterocycles. The van der Waals surface area contributed by atoms with E-state index in [1.807, 2.05) is 68.3 Å². The molecule has 1 aromatic heterocycles. The molecule has 0 radical (unpaired) electrons. The number of amides is 2. The number of carbonyl (C=O) groups is 2. The van der Waals surface area contributed by atoms with Gasteiger partial charge in [-0.05, 0) is 43.0 Å². The minimum Gasteiger partial charge on any atom is -0.345 e. The van der Waals surface area contributed by atoms with Crippen LogP contribution in [-0.4, -0.2) is 45.3 Å². The van der Waals surface area contributed by atoms with E-state index in [0.717, 1.165) is 22.7 Å². The second-order valence-electron chi connectivity index (χ2n) is 8.52. The van der Waals surface area contributed by atoms with Crippen molar-refractivity contribution in [2.75, 3.05) is 13.1 Å². The largest absolute Gasteiger partial charge is 0.345 e. The lowest BCUT2D eigenvalue weighted by molar-refractivity contribution is -0.142. The van der Waals surface area contributed by atoms with Crippen LogP contribution < -0.4 is 0 Å². The van der Waals surface area contributed by atoms with Gasteiger partial charge in [0.25, 0.3) is 0 Å². The van der Waals surface area contributed by atoms with E-state index in [2.05, 4.69) is 18.4 Å². The minimum atomic E-state index is -0.0127. The zero-order chi connectivity index (χ0) is 23.0. The van der Waals surface area contributed by atoms with Gasteiger partial charge in [-0.2, -0.15) is 0 Å². The van der Waals surface area contributed by atoms with Crippen molar-refractivity contribution >= 4 is 23.4 Å². The molecule has 0 aliphatic carbocycles. The van der Waals surface area contributed by atoms with Crippen LogP contribution in [0, 0.1) is 5.92 Å². The standard InChI is InChI=1S/C25H36ClN3O2/c1-6-20(5)29(24(30)7-2)18-25(31)28(15-19(3)4)17-22-12-10-14-27(22)16-21-11-8-9-13-23(21)26/h8-14,19-20H,6-7,15-18H2,1-5H3. The molecule has 1 unspecified atom stereocenters. The first-order valence-electron chi connectivity index (χ1n) is 11.2. The van der Waals surface area contributed by atoms with Crippen LogP contribution in [0.15, 0.2) is 42.6 Å². The summed E-state index contributed by atoms with van der Waals surface area (Å²) in [6.45, 7) is 12.0. The maximum absolute atomic E-state index is 13.3. The highest BCUT2D eigenvalue weighted by atomic mass is 35.5. The lowest BCUT2D eigenvalue weighted by Gasteiger charge is -2.32. The molecule has 0 bridgehead atoms. The molecule has 2 rings (SSSR count). The summed E-state index contributed by atoms with van der Waals surface area (Å²) in [5, 5.41) is 0.736. The third-order valence-electron chi connectivity index (χ3n) is 5.56. The summed E-state index contributed by atoms with van der Waals surface area (Å²) >= 11 is 6.35. The van der Waals surface area contributed by atoms with Crippen LogP contribution in [0.25, 0.3) is 0 Å². The van der Waals surface area contributed by atoms with Gasteiger partial charge in [-0.3, -0.25) is 9.59 Å². The van der Waals surface area contributed by atoms with E-state index in [-0.39, 0.29) is 24.4 Å². The predicted molar refractivity (Wildman–Crippen MR) is 127 cm³/mol. The predicted octanol–water partition coefficient (Wildman–Crippen LogP) is 5.21. The van der Waals surface area contributed by atoms with Crippen molar-refractivity contribution in [1.82, 2.24) is 14.4 Å². The lowest BCUT2D eigenvalue weighted by atomic mass is 10.1. The highest BCUT2D eigenvalue weighted by molar-refractivity contribution is 6.31. The van der Waals surface area contributed by atoms with Gasteiger partial charge in [-0.1, -0.05) is 57.5 Å². The number of rotatable bonds is 11. The monoisotopic (exact) mass is 445 g/mol. The fraction of sp³-hybridized carbons (Fsp3) is 0.520. The minimum absolute atomic E-state index is 0.0127. The molecule has 0 spiro atoms. The number of nitrogens with zero attached hydrogens (tertiary/aromatic N) is 3. The smallest absolute Gasteiger partial charge is 0.242 e. The van der Waals surface area contributed by atoms with Gasteiger partial charge >= 0.3 is 0 Å². The Morgan fingerprint density at radius 3 is 2.35 bits per heavy atom. The summed E-state index contributed by atoms with van der Waals surface area (Å²) in [6.07, 6.45) is 3.25. The quantitative estimate of drug-likeness (QED) is 0.476. The van der Waals surface area contributed by atoms with E-state index >= 15 is 0 Å². The number of hydrogen-bond acceptors (Lipinski definition) is 2. The second kappa shape index (κ2) is 11.9. The van der Waals surface area contributed by atoms with Gasteiger partial charge in [0.2, 0.25) is 11.8 Å². The topological polar surface area (TPSA) is 45.6 Å². The van der Waals surface area contributed by atoms with Crippen molar-refractivity contribution in [1.29, 1.82) is 0 Å². The Morgan fingerprint density at radius 2 is 1.74 bits per heavy atom. The molecule has 1 heterocycles. The number of carbonyl (C=O) groups excluding carboxylic acids is 2. The van der Waals surface area contributed by atoms with Crippen LogP contribution in [-0.2, 0) is 22.7 Å². The molecule has 1 atom stereocenters. The Morgan fingerprint density at radius 1 is 1.03 bits per heavy atom. The van der Waals surface area contributed by atoms with Crippen LogP contribution in [0.5, 0.6) is 0 Å². The zero-order valence-corrected chi connectivity index (χ0v) is 20.2. The summed E-state index contributed by atoms with van der Waals surface area (Å²) in [5.41, 5.74) is 2.09. The third-order valence-corrected chi connectivity index (χ3v) is 5.93. The summed E-state index contributed by atoms with van der Waals surface area (Å²) < 4.78 is 2.13. The number of aromatic nitrogens is 1. The van der Waals surface area contributed by atoms with E-state index in [0.29, 0.717) is 32.0 Å². The molecule has 31 heavy (non-hydrogen) atoms. The van der Waals surface area contributed by atoms with Crippen LogP contribution in [0.1, 0.15) is 58.7 Å². The first-order valence-corrected chi connectivity index (χ1v) is 11.6. The van der Waals surface area contributed by atoms with Crippen molar-refractivity contribution in [2.45, 2.75) is 66.6 Å². The Labute approximate surface area is 192 Å². The van der Waals surface area contributed by atoms with E-state index < -0.39 is 0 Å². The SMILES string of the molecule is CCC(=O)N(CC(=O)N(Cc1cccn1Cc1ccccc1Cl)CC(C)C)C(C)CC. The molecule has 2 amide bonds. The van der Waals surface area contributed by atoms with Crippen molar-refractivity contribution in [3.05, 3.63) is 58.9 Å². The van der Waals surface area contributed by atoms with Crippen molar-refractivity contribution in [2.24, 2.45) is 5.92 Å². The Balaban J connectivity index is 2.20. The molecule has 1 aromatic carbocycles. The highest BCUT2D eigenvalue weighted by Gasteiger charge is 2.24. The maximum Gasteiger partial charge on any atom is 0.242 e. The van der Waals surface area contributed by atoms with Gasteiger partial charge < -0.3 is 14.4 Å². The van der Waals surface area contributed by atoms with Gasteiger partial charge in [0, 0.05) is 42.5 Å². The molecule has 6 heteroatoms. The Hall–Kier alpha value is -2.27. The average molecular weight is 446 g/mol. The fourth-order valence-corrected chi connectivity index (χ4v) is 3.80. The van der Waals surface area contributed by atoms with Crippen LogP contribution in [0.2, 0.25) is 5.02 Å². The van der Waals surface area contributed by atoms with E-state index in [9.17, 15) is 9.59 Å². The summed E-state index contributed by atoms with van der Waals surface area (Å²) in [4.78, 5) is 29.3. The molecule has 0 N–H and O–H groups in total. The summed E-state index contributed by atoms with van der Waals surface area (Å²) in [5.74, 6) is 0.338. The molecule has 0 saturated carbocycles. The fourth-order valence-electron chi connectivity index (χ4n) is 3.61. The summed E-state index contributed by atoms with van der Waals surface area (Å²) in [6, 6.07) is 11.9. The number of hydrogen-bond donors (Lipinski definition) is 0. The molecular weight excluding hydrogens is 410 g/mol. The lowest BCUT2D eigenvalue weighted by Crippen LogP contribution is -2.47. The number of halogens is 1. The van der Waals surface area contributed by atoms with Crippen molar-refractivity contribution in [3.63, 3.8) is 0 Å². The van der Waals surface area contributed by atoms with Gasteiger partial charge in [0.1, 0.15) is 0 Å². The first kappa shape index (κ1) is 25.0. The molecule has 5 nitrogen and oxygen atoms in total. The maximum atomic E-state index is 13.3. The molecule has 170 valence electrons. The van der Waals surface area contributed by atoms with Gasteiger partial charge in [-0.15, -0.1) is 0 Å². The third kappa shape index (κ3) is 7.13. The zero-order valence-electron chi connectivity index (χ0n) is 19.5. The van der Waals surface area contributed by atoms with Gasteiger partial charge in [0.15, 0.2) is 0 Å². The van der Waals surface area contributed by atoms with E-state index in [4.69, 9.17) is 11.6 Å².